The molecule has 1 aromatic rings. The molecular formula is C16H25ClN2O. The van der Waals surface area contributed by atoms with Crippen LogP contribution in [0.25, 0.3) is 0 Å². The van der Waals surface area contributed by atoms with Crippen LogP contribution in [0, 0.1) is 12.8 Å². The van der Waals surface area contributed by atoms with E-state index in [0.29, 0.717) is 0 Å². The lowest BCUT2D eigenvalue weighted by Crippen LogP contribution is -2.41. The number of amides is 1. The van der Waals surface area contributed by atoms with E-state index in [-0.39, 0.29) is 30.3 Å². The summed E-state index contributed by atoms with van der Waals surface area (Å²) in [5.74, 6) is 0.327. The Balaban J connectivity index is 0.00000200. The van der Waals surface area contributed by atoms with Crippen molar-refractivity contribution in [3.63, 3.8) is 0 Å². The lowest BCUT2D eigenvalue weighted by Gasteiger charge is -2.25. The molecule has 1 heterocycles. The van der Waals surface area contributed by atoms with E-state index in [9.17, 15) is 4.79 Å². The number of hydrogen-bond acceptors (Lipinski definition) is 2. The summed E-state index contributed by atoms with van der Waals surface area (Å²) in [5.41, 5.74) is 2.45. The van der Waals surface area contributed by atoms with Crippen molar-refractivity contribution in [1.82, 2.24) is 10.6 Å². The van der Waals surface area contributed by atoms with E-state index < -0.39 is 0 Å². The fourth-order valence-corrected chi connectivity index (χ4v) is 2.59. The van der Waals surface area contributed by atoms with E-state index in [0.717, 1.165) is 32.4 Å². The smallest absolute Gasteiger partial charge is 0.224 e. The molecule has 1 amide bonds. The molecule has 2 atom stereocenters. The quantitative estimate of drug-likeness (QED) is 0.897. The number of halogens is 1. The second kappa shape index (κ2) is 8.28. The molecule has 112 valence electrons. The first-order valence-corrected chi connectivity index (χ1v) is 7.28. The minimum atomic E-state index is 0. The summed E-state index contributed by atoms with van der Waals surface area (Å²) in [6.45, 7) is 6.05. The van der Waals surface area contributed by atoms with Gasteiger partial charge in [-0.1, -0.05) is 36.8 Å². The number of benzene rings is 1. The standard InChI is InChI=1S/C16H24N2O.ClH/c1-3-15(13-8-6-12(2)7-9-13)18-16(19)14-5-4-10-17-11-14;/h6-9,14-15,17H,3-5,10-11H2,1-2H3,(H,18,19);1H/t14-,15?;/m1./s1. The average molecular weight is 297 g/mol. The Morgan fingerprint density at radius 1 is 1.40 bits per heavy atom. The van der Waals surface area contributed by atoms with E-state index in [2.05, 4.69) is 48.7 Å². The van der Waals surface area contributed by atoms with Gasteiger partial charge in [0.05, 0.1) is 12.0 Å². The van der Waals surface area contributed by atoms with Crippen LogP contribution in [0.1, 0.15) is 43.4 Å². The zero-order chi connectivity index (χ0) is 13.7. The van der Waals surface area contributed by atoms with Gasteiger partial charge >= 0.3 is 0 Å². The summed E-state index contributed by atoms with van der Waals surface area (Å²) < 4.78 is 0. The third-order valence-electron chi connectivity index (χ3n) is 3.87. The van der Waals surface area contributed by atoms with Crippen molar-refractivity contribution in [3.8, 4) is 0 Å². The molecule has 2 rings (SSSR count). The molecule has 0 aromatic heterocycles. The SMILES string of the molecule is CCC(NC(=O)[C@@H]1CCCNC1)c1ccc(C)cc1.Cl. The van der Waals surface area contributed by atoms with Crippen LogP contribution >= 0.6 is 12.4 Å². The van der Waals surface area contributed by atoms with Crippen LogP contribution in [-0.4, -0.2) is 19.0 Å². The summed E-state index contributed by atoms with van der Waals surface area (Å²) in [7, 11) is 0. The summed E-state index contributed by atoms with van der Waals surface area (Å²) >= 11 is 0. The second-order valence-corrected chi connectivity index (χ2v) is 5.42. The first-order valence-electron chi connectivity index (χ1n) is 7.28. The predicted molar refractivity (Wildman–Crippen MR) is 85.2 cm³/mol. The summed E-state index contributed by atoms with van der Waals surface area (Å²) in [4.78, 5) is 12.3. The van der Waals surface area contributed by atoms with Gasteiger partial charge in [-0.25, -0.2) is 0 Å². The lowest BCUT2D eigenvalue weighted by atomic mass is 9.97. The van der Waals surface area contributed by atoms with Crippen LogP contribution in [0.4, 0.5) is 0 Å². The number of hydrogen-bond donors (Lipinski definition) is 2. The van der Waals surface area contributed by atoms with E-state index >= 15 is 0 Å². The number of rotatable bonds is 4. The Hall–Kier alpha value is -1.06. The molecule has 3 nitrogen and oxygen atoms in total. The van der Waals surface area contributed by atoms with Gasteiger partial charge in [-0.15, -0.1) is 12.4 Å². The van der Waals surface area contributed by atoms with Gasteiger partial charge in [0.25, 0.3) is 0 Å². The maximum atomic E-state index is 12.3. The molecular weight excluding hydrogens is 272 g/mol. The van der Waals surface area contributed by atoms with E-state index in [1.807, 2.05) is 0 Å². The van der Waals surface area contributed by atoms with Crippen LogP contribution in [-0.2, 0) is 4.79 Å². The molecule has 20 heavy (non-hydrogen) atoms. The Bertz CT molecular complexity index is 413. The Labute approximate surface area is 127 Å². The number of carbonyl (C=O) groups is 1. The fraction of sp³-hybridized carbons (Fsp3) is 0.562. The van der Waals surface area contributed by atoms with Crippen LogP contribution in [0.2, 0.25) is 0 Å². The van der Waals surface area contributed by atoms with E-state index in [4.69, 9.17) is 0 Å². The van der Waals surface area contributed by atoms with E-state index in [1.165, 1.54) is 11.1 Å². The van der Waals surface area contributed by atoms with Gasteiger partial charge < -0.3 is 10.6 Å². The highest BCUT2D eigenvalue weighted by Gasteiger charge is 2.23. The van der Waals surface area contributed by atoms with Gasteiger partial charge in [-0.05, 0) is 38.3 Å². The van der Waals surface area contributed by atoms with Crippen molar-refractivity contribution < 1.29 is 4.79 Å². The third-order valence-corrected chi connectivity index (χ3v) is 3.87. The number of piperidine rings is 1. The summed E-state index contributed by atoms with van der Waals surface area (Å²) in [6.07, 6.45) is 3.03. The molecule has 1 saturated heterocycles. The molecule has 1 aromatic carbocycles. The maximum absolute atomic E-state index is 12.3. The van der Waals surface area contributed by atoms with E-state index in [1.54, 1.807) is 0 Å². The highest BCUT2D eigenvalue weighted by Crippen LogP contribution is 2.19. The van der Waals surface area contributed by atoms with Gasteiger partial charge in [0.1, 0.15) is 0 Å². The number of carbonyl (C=O) groups excluding carboxylic acids is 1. The molecule has 1 fully saturated rings. The largest absolute Gasteiger partial charge is 0.349 e. The molecule has 2 N–H and O–H groups in total. The molecule has 4 heteroatoms. The fourth-order valence-electron chi connectivity index (χ4n) is 2.59. The van der Waals surface area contributed by atoms with Crippen LogP contribution in [0.15, 0.2) is 24.3 Å². The molecule has 1 aliphatic heterocycles. The molecule has 0 saturated carbocycles. The Morgan fingerprint density at radius 2 is 2.10 bits per heavy atom. The van der Waals surface area contributed by atoms with Gasteiger partial charge in [0.2, 0.25) is 5.91 Å². The molecule has 0 radical (unpaired) electrons. The van der Waals surface area contributed by atoms with Crippen molar-refractivity contribution in [2.24, 2.45) is 5.92 Å². The topological polar surface area (TPSA) is 41.1 Å². The van der Waals surface area contributed by atoms with Crippen LogP contribution < -0.4 is 10.6 Å². The van der Waals surface area contributed by atoms with Gasteiger partial charge in [0.15, 0.2) is 0 Å². The molecule has 1 unspecified atom stereocenters. The monoisotopic (exact) mass is 296 g/mol. The summed E-state index contributed by atoms with van der Waals surface area (Å²) in [5, 5.41) is 6.49. The Kier molecular flexibility index (Phi) is 7.03. The number of nitrogens with one attached hydrogen (secondary N) is 2. The highest BCUT2D eigenvalue weighted by molar-refractivity contribution is 5.85. The highest BCUT2D eigenvalue weighted by atomic mass is 35.5. The van der Waals surface area contributed by atoms with Crippen LogP contribution in [0.5, 0.6) is 0 Å². The zero-order valence-electron chi connectivity index (χ0n) is 12.3. The molecule has 1 aliphatic rings. The van der Waals surface area contributed by atoms with Crippen LogP contribution in [0.3, 0.4) is 0 Å². The van der Waals surface area contributed by atoms with Crippen molar-refractivity contribution >= 4 is 18.3 Å². The predicted octanol–water partition coefficient (Wildman–Crippen LogP) is 2.98. The minimum Gasteiger partial charge on any atom is -0.349 e. The van der Waals surface area contributed by atoms with Crippen molar-refractivity contribution in [3.05, 3.63) is 35.4 Å². The van der Waals surface area contributed by atoms with Gasteiger partial charge in [-0.2, -0.15) is 0 Å². The lowest BCUT2D eigenvalue weighted by molar-refractivity contribution is -0.126. The van der Waals surface area contributed by atoms with Gasteiger partial charge in [0, 0.05) is 6.54 Å². The first-order chi connectivity index (χ1) is 9.20. The summed E-state index contributed by atoms with van der Waals surface area (Å²) in [6, 6.07) is 8.57. The zero-order valence-corrected chi connectivity index (χ0v) is 13.1. The third kappa shape index (κ3) is 4.50. The molecule has 0 aliphatic carbocycles. The Morgan fingerprint density at radius 3 is 2.65 bits per heavy atom. The minimum absolute atomic E-state index is 0. The first kappa shape index (κ1) is 17.0. The molecule has 0 spiro atoms. The average Bonchev–Trinajstić information content (AvgIpc) is 2.46. The van der Waals surface area contributed by atoms with Crippen molar-refractivity contribution in [2.45, 2.75) is 39.2 Å². The normalized spacial score (nSPS) is 19.8. The van der Waals surface area contributed by atoms with Gasteiger partial charge in [-0.3, -0.25) is 4.79 Å². The van der Waals surface area contributed by atoms with Crippen molar-refractivity contribution in [2.75, 3.05) is 13.1 Å². The maximum Gasteiger partial charge on any atom is 0.224 e. The number of aryl methyl sites for hydroxylation is 1. The van der Waals surface area contributed by atoms with Crippen molar-refractivity contribution in [1.29, 1.82) is 0 Å². The second-order valence-electron chi connectivity index (χ2n) is 5.42. The molecule has 0 bridgehead atoms.